The van der Waals surface area contributed by atoms with E-state index in [-0.39, 0.29) is 18.2 Å². The summed E-state index contributed by atoms with van der Waals surface area (Å²) in [5, 5.41) is 15.2. The van der Waals surface area contributed by atoms with Gasteiger partial charge in [-0.25, -0.2) is 9.97 Å². The number of amides is 2. The van der Waals surface area contributed by atoms with E-state index in [1.54, 1.807) is 18.3 Å². The fourth-order valence-electron chi connectivity index (χ4n) is 4.95. The number of benzene rings is 3. The van der Waals surface area contributed by atoms with Crippen LogP contribution in [0, 0.1) is 14.9 Å². The zero-order chi connectivity index (χ0) is 27.6. The lowest BCUT2D eigenvalue weighted by Crippen LogP contribution is -2.48. The third kappa shape index (κ3) is 5.33. The number of nitrogens with one attached hydrogen (secondary N) is 2. The van der Waals surface area contributed by atoms with Gasteiger partial charge in [-0.05, 0) is 89.3 Å². The first-order chi connectivity index (χ1) is 19.5. The molecule has 0 radical (unpaired) electrons. The molecule has 10 heteroatoms. The number of nitrogens with zero attached hydrogens (tertiary/aromatic N) is 5. The van der Waals surface area contributed by atoms with Crippen LogP contribution in [0.2, 0.25) is 0 Å². The Labute approximate surface area is 245 Å². The highest BCUT2D eigenvalue weighted by Gasteiger charge is 2.23. The summed E-state index contributed by atoms with van der Waals surface area (Å²) in [4.78, 5) is 38.8. The molecule has 0 atom stereocenters. The minimum absolute atomic E-state index is 0.00397. The molecule has 0 unspecified atom stereocenters. The Bertz CT molecular complexity index is 1640. The van der Waals surface area contributed by atoms with Gasteiger partial charge in [-0.1, -0.05) is 0 Å². The second kappa shape index (κ2) is 10.9. The number of aromatic nitrogens is 2. The van der Waals surface area contributed by atoms with E-state index < -0.39 is 0 Å². The van der Waals surface area contributed by atoms with E-state index in [2.05, 4.69) is 49.2 Å². The molecule has 2 amide bonds. The number of carbonyl (C=O) groups excluding carboxylic acids is 2. The van der Waals surface area contributed by atoms with Gasteiger partial charge in [0, 0.05) is 64.0 Å². The third-order valence-electron chi connectivity index (χ3n) is 7.04. The number of carbonyl (C=O) groups is 2. The van der Waals surface area contributed by atoms with E-state index in [4.69, 9.17) is 10.2 Å². The van der Waals surface area contributed by atoms with Gasteiger partial charge in [0.25, 0.3) is 5.91 Å². The summed E-state index contributed by atoms with van der Waals surface area (Å²) < 4.78 is 1.02. The lowest BCUT2D eigenvalue weighted by Gasteiger charge is -2.36. The molecule has 2 N–H and O–H groups in total. The maximum absolute atomic E-state index is 13.1. The van der Waals surface area contributed by atoms with Crippen LogP contribution in [0.5, 0.6) is 0 Å². The van der Waals surface area contributed by atoms with Gasteiger partial charge in [0.1, 0.15) is 0 Å². The van der Waals surface area contributed by atoms with Crippen molar-refractivity contribution >= 4 is 57.4 Å². The van der Waals surface area contributed by atoms with Gasteiger partial charge in [-0.3, -0.25) is 9.59 Å². The molecule has 0 bridgehead atoms. The first kappa shape index (κ1) is 25.8. The maximum atomic E-state index is 13.1. The van der Waals surface area contributed by atoms with Gasteiger partial charge in [-0.15, -0.1) is 0 Å². The first-order valence-electron chi connectivity index (χ1n) is 12.8. The quantitative estimate of drug-likeness (QED) is 0.307. The Morgan fingerprint density at radius 2 is 1.75 bits per heavy atom. The minimum Gasteiger partial charge on any atom is -0.368 e. The highest BCUT2D eigenvalue weighted by molar-refractivity contribution is 14.1. The molecule has 9 nitrogen and oxygen atoms in total. The molecule has 0 aliphatic carbocycles. The highest BCUT2D eigenvalue weighted by atomic mass is 127. The topological polar surface area (TPSA) is 114 Å². The Morgan fingerprint density at radius 3 is 2.48 bits per heavy atom. The molecule has 1 saturated heterocycles. The normalized spacial score (nSPS) is 14.3. The molecule has 0 saturated carbocycles. The number of rotatable bonds is 4. The summed E-state index contributed by atoms with van der Waals surface area (Å²) >= 11 is 2.22. The van der Waals surface area contributed by atoms with Crippen molar-refractivity contribution in [1.82, 2.24) is 14.9 Å². The summed E-state index contributed by atoms with van der Waals surface area (Å²) in [6.45, 7) is 2.71. The van der Waals surface area contributed by atoms with Crippen LogP contribution in [-0.4, -0.2) is 52.9 Å². The van der Waals surface area contributed by atoms with Gasteiger partial charge in [0.05, 0.1) is 29.4 Å². The summed E-state index contributed by atoms with van der Waals surface area (Å²) in [7, 11) is 0. The molecule has 1 fully saturated rings. The molecule has 198 valence electrons. The van der Waals surface area contributed by atoms with Crippen molar-refractivity contribution in [1.29, 1.82) is 5.26 Å². The Kier molecular flexibility index (Phi) is 7.04. The number of nitriles is 1. The van der Waals surface area contributed by atoms with E-state index in [0.717, 1.165) is 44.8 Å². The van der Waals surface area contributed by atoms with E-state index in [9.17, 15) is 9.59 Å². The Morgan fingerprint density at radius 1 is 1.00 bits per heavy atom. The van der Waals surface area contributed by atoms with Crippen molar-refractivity contribution < 1.29 is 9.59 Å². The predicted molar refractivity (Wildman–Crippen MR) is 162 cm³/mol. The van der Waals surface area contributed by atoms with Crippen molar-refractivity contribution in [2.24, 2.45) is 0 Å². The van der Waals surface area contributed by atoms with Gasteiger partial charge in [0.2, 0.25) is 11.9 Å². The van der Waals surface area contributed by atoms with E-state index >= 15 is 0 Å². The van der Waals surface area contributed by atoms with Crippen LogP contribution >= 0.6 is 22.6 Å². The molecule has 0 spiro atoms. The highest BCUT2D eigenvalue weighted by Crippen LogP contribution is 2.34. The fraction of sp³-hybridized carbons (Fsp3) is 0.167. The van der Waals surface area contributed by atoms with Crippen LogP contribution < -0.4 is 15.5 Å². The molecular formula is C30H24IN7O2. The van der Waals surface area contributed by atoms with Crippen molar-refractivity contribution in [3.63, 3.8) is 0 Å². The van der Waals surface area contributed by atoms with E-state index in [1.165, 1.54) is 0 Å². The average Bonchev–Trinajstić information content (AvgIpc) is 3.12. The molecule has 3 heterocycles. The molecule has 2 aliphatic rings. The predicted octanol–water partition coefficient (Wildman–Crippen LogP) is 4.82. The minimum atomic E-state index is -0.0952. The first-order valence-corrected chi connectivity index (χ1v) is 13.9. The second-order valence-electron chi connectivity index (χ2n) is 9.62. The molecule has 4 aromatic rings. The summed E-state index contributed by atoms with van der Waals surface area (Å²) in [5.74, 6) is 0.313. The zero-order valence-electron chi connectivity index (χ0n) is 21.4. The summed E-state index contributed by atoms with van der Waals surface area (Å²) in [5.41, 5.74) is 6.15. The maximum Gasteiger partial charge on any atom is 0.253 e. The molecule has 2 aliphatic heterocycles. The summed E-state index contributed by atoms with van der Waals surface area (Å²) in [6, 6.07) is 22.8. The van der Waals surface area contributed by atoms with Gasteiger partial charge >= 0.3 is 0 Å². The monoisotopic (exact) mass is 641 g/mol. The lowest BCUT2D eigenvalue weighted by atomic mass is 10.1. The van der Waals surface area contributed by atoms with Crippen molar-refractivity contribution in [3.05, 3.63) is 93.2 Å². The Balaban J connectivity index is 1.12. The van der Waals surface area contributed by atoms with Crippen LogP contribution in [0.1, 0.15) is 21.5 Å². The standard InChI is InChI=1S/C30H24IN7O2/c31-22-5-10-25-26(16-22)35-27(39)15-21-18-33-30(36-28(21)25)34-23-6-3-20(4-7-23)29(40)38-13-11-37(12-14-38)24-8-1-19(17-32)2-9-24/h1-10,16,18H,11-15H2,(H,35,39)(H,33,34,36). The van der Waals surface area contributed by atoms with Gasteiger partial charge in [0.15, 0.2) is 0 Å². The smallest absolute Gasteiger partial charge is 0.253 e. The number of halogens is 1. The molecular weight excluding hydrogens is 617 g/mol. The third-order valence-corrected chi connectivity index (χ3v) is 7.71. The zero-order valence-corrected chi connectivity index (χ0v) is 23.6. The SMILES string of the molecule is N#Cc1ccc(N2CCN(C(=O)c3ccc(Nc4ncc5c(n4)-c4ccc(I)cc4NC(=O)C5)cc3)CC2)cc1. The van der Waals surface area contributed by atoms with Crippen LogP contribution in [-0.2, 0) is 11.2 Å². The van der Waals surface area contributed by atoms with Crippen LogP contribution in [0.25, 0.3) is 11.3 Å². The Hall–Kier alpha value is -4.50. The van der Waals surface area contributed by atoms with Crippen molar-refractivity contribution in [2.45, 2.75) is 6.42 Å². The van der Waals surface area contributed by atoms with Gasteiger partial charge in [-0.2, -0.15) is 5.26 Å². The number of fused-ring (bicyclic) bond motifs is 3. The molecule has 6 rings (SSSR count). The van der Waals surface area contributed by atoms with Crippen LogP contribution in [0.4, 0.5) is 23.0 Å². The van der Waals surface area contributed by atoms with Gasteiger partial charge < -0.3 is 20.4 Å². The van der Waals surface area contributed by atoms with Crippen molar-refractivity contribution in [2.75, 3.05) is 41.7 Å². The fourth-order valence-corrected chi connectivity index (χ4v) is 5.44. The lowest BCUT2D eigenvalue weighted by molar-refractivity contribution is -0.115. The molecule has 3 aromatic carbocycles. The van der Waals surface area contributed by atoms with Crippen molar-refractivity contribution in [3.8, 4) is 17.3 Å². The number of anilines is 4. The summed E-state index contributed by atoms with van der Waals surface area (Å²) in [6.07, 6.45) is 1.89. The van der Waals surface area contributed by atoms with E-state index in [1.807, 2.05) is 59.5 Å². The molecule has 40 heavy (non-hydrogen) atoms. The largest absolute Gasteiger partial charge is 0.368 e. The second-order valence-corrected chi connectivity index (χ2v) is 10.9. The number of hydrogen-bond acceptors (Lipinski definition) is 7. The van der Waals surface area contributed by atoms with E-state index in [0.29, 0.717) is 35.9 Å². The molecule has 1 aromatic heterocycles. The average molecular weight is 641 g/mol. The number of hydrogen-bond donors (Lipinski definition) is 2. The van der Waals surface area contributed by atoms with Crippen LogP contribution in [0.15, 0.2) is 72.9 Å². The number of piperazine rings is 1. The van der Waals surface area contributed by atoms with Crippen LogP contribution in [0.3, 0.4) is 0 Å².